The van der Waals surface area contributed by atoms with Crippen molar-refractivity contribution in [3.63, 3.8) is 0 Å². The summed E-state index contributed by atoms with van der Waals surface area (Å²) in [7, 11) is 0. The number of aliphatic carboxylic acids is 1. The zero-order chi connectivity index (χ0) is 30.2. The Bertz CT molecular complexity index is 1530. The molecule has 3 heterocycles. The quantitative estimate of drug-likeness (QED) is 0.219. The third-order valence-corrected chi connectivity index (χ3v) is 7.53. The van der Waals surface area contributed by atoms with E-state index in [-0.39, 0.29) is 30.6 Å². The maximum absolute atomic E-state index is 13.8. The summed E-state index contributed by atoms with van der Waals surface area (Å²) >= 11 is 0. The molecule has 14 heteroatoms. The number of alkyl halides is 3. The second-order valence-electron chi connectivity index (χ2n) is 10.0. The van der Waals surface area contributed by atoms with Gasteiger partial charge in [-0.15, -0.1) is 13.2 Å². The number of likely N-dealkylation sites (tertiary alicyclic amines) is 1. The van der Waals surface area contributed by atoms with Crippen LogP contribution in [0.4, 0.5) is 18.9 Å². The molecule has 2 aliphatic rings. The largest absolute Gasteiger partial charge is 0.573 e. The minimum Gasteiger partial charge on any atom is -0.480 e. The van der Waals surface area contributed by atoms with Crippen LogP contribution in [-0.2, 0) is 27.2 Å². The van der Waals surface area contributed by atoms with Crippen LogP contribution in [0.25, 0.3) is 0 Å². The maximum atomic E-state index is 13.8. The summed E-state index contributed by atoms with van der Waals surface area (Å²) in [4.78, 5) is 56.2. The fourth-order valence-corrected chi connectivity index (χ4v) is 5.74. The Labute approximate surface area is 236 Å². The van der Waals surface area contributed by atoms with Crippen LogP contribution in [0.1, 0.15) is 22.9 Å². The molecule has 2 saturated heterocycles. The lowest BCUT2D eigenvalue weighted by Gasteiger charge is -2.31. The minimum atomic E-state index is -4.99. The van der Waals surface area contributed by atoms with Gasteiger partial charge in [0, 0.05) is 49.5 Å². The molecular formula is C28H23F3N4O7. The lowest BCUT2D eigenvalue weighted by Crippen LogP contribution is -2.57. The number of nitrogens with zero attached hydrogens (tertiary/aromatic N) is 3. The van der Waals surface area contributed by atoms with Crippen LogP contribution >= 0.6 is 0 Å². The molecule has 2 fully saturated rings. The number of amides is 2. The third-order valence-electron chi connectivity index (χ3n) is 7.53. The molecule has 3 aromatic rings. The number of carbonyl (C=O) groups excluding carboxylic acids is 2. The molecule has 2 aliphatic heterocycles. The van der Waals surface area contributed by atoms with Gasteiger partial charge in [0.2, 0.25) is 11.8 Å². The molecule has 4 atom stereocenters. The first kappa shape index (κ1) is 28.7. The average molecular weight is 585 g/mol. The number of carboxylic acid groups (broad SMARTS) is 1. The number of benzene rings is 2. The molecule has 218 valence electrons. The lowest BCUT2D eigenvalue weighted by atomic mass is 9.76. The summed E-state index contributed by atoms with van der Waals surface area (Å²) in [6, 6.07) is 13.8. The van der Waals surface area contributed by atoms with E-state index in [9.17, 15) is 42.8 Å². The molecule has 42 heavy (non-hydrogen) atoms. The van der Waals surface area contributed by atoms with Crippen molar-refractivity contribution in [2.45, 2.75) is 30.8 Å². The molecule has 0 radical (unpaired) electrons. The van der Waals surface area contributed by atoms with Crippen LogP contribution in [-0.4, -0.2) is 56.1 Å². The molecule has 2 N–H and O–H groups in total. The molecule has 4 unspecified atom stereocenters. The van der Waals surface area contributed by atoms with Gasteiger partial charge in [-0.2, -0.15) is 0 Å². The first-order valence-corrected chi connectivity index (χ1v) is 12.7. The fraction of sp³-hybridized carbons (Fsp3) is 0.286. The van der Waals surface area contributed by atoms with Crippen LogP contribution in [0.3, 0.4) is 0 Å². The number of aromatic nitrogens is 1. The summed E-state index contributed by atoms with van der Waals surface area (Å²) in [5.41, 5.74) is -1.26. The molecule has 0 aliphatic carbocycles. The highest BCUT2D eigenvalue weighted by molar-refractivity contribution is 6.09. The van der Waals surface area contributed by atoms with E-state index in [1.165, 1.54) is 36.4 Å². The van der Waals surface area contributed by atoms with Crippen LogP contribution < -0.4 is 10.1 Å². The molecule has 2 amide bonds. The first-order valence-electron chi connectivity index (χ1n) is 12.7. The maximum Gasteiger partial charge on any atom is 0.573 e. The predicted octanol–water partition coefficient (Wildman–Crippen LogP) is 3.44. The van der Waals surface area contributed by atoms with Crippen molar-refractivity contribution in [1.82, 2.24) is 15.2 Å². The number of halogens is 3. The molecule has 2 aromatic carbocycles. The van der Waals surface area contributed by atoms with Crippen LogP contribution in [0, 0.1) is 22.0 Å². The Morgan fingerprint density at radius 1 is 1.10 bits per heavy atom. The number of nitro benzene ring substituents is 1. The fourth-order valence-electron chi connectivity index (χ4n) is 5.74. The second kappa shape index (κ2) is 10.9. The van der Waals surface area contributed by atoms with Gasteiger partial charge in [0.15, 0.2) is 0 Å². The number of pyridine rings is 1. The summed E-state index contributed by atoms with van der Waals surface area (Å²) < 4.78 is 42.8. The van der Waals surface area contributed by atoms with Crippen molar-refractivity contribution in [2.75, 3.05) is 6.54 Å². The van der Waals surface area contributed by atoms with E-state index in [0.717, 1.165) is 17.0 Å². The number of ether oxygens (including phenoxy) is 1. The topological polar surface area (TPSA) is 152 Å². The molecule has 5 rings (SSSR count). The van der Waals surface area contributed by atoms with Gasteiger partial charge in [-0.3, -0.25) is 39.7 Å². The van der Waals surface area contributed by atoms with Gasteiger partial charge in [-0.1, -0.05) is 30.3 Å². The number of imide groups is 1. The standard InChI is InChI=1S/C28H23F3N4O7/c29-28(30,31)42-20-6-3-4-17(14-20)23-21-22(25(37)34(24(21)36)13-11-18-5-1-2-12-32-18)27(33-23,26(38)39)15-16-7-9-19(10-8-16)35(40)41/h1-10,12,14,21-23,33H,11,13,15H2,(H,38,39). The van der Waals surface area contributed by atoms with Gasteiger partial charge in [0.25, 0.3) is 5.69 Å². The van der Waals surface area contributed by atoms with Gasteiger partial charge in [-0.05, 0) is 35.4 Å². The minimum absolute atomic E-state index is 0.0845. The van der Waals surface area contributed by atoms with E-state index >= 15 is 0 Å². The van der Waals surface area contributed by atoms with Crippen molar-refractivity contribution in [2.24, 2.45) is 11.8 Å². The van der Waals surface area contributed by atoms with E-state index in [1.54, 1.807) is 24.4 Å². The molecule has 1 aromatic heterocycles. The van der Waals surface area contributed by atoms with Crippen molar-refractivity contribution in [1.29, 1.82) is 0 Å². The number of carboxylic acids is 1. The molecule has 11 nitrogen and oxygen atoms in total. The van der Waals surface area contributed by atoms with Crippen molar-refractivity contribution < 1.29 is 42.3 Å². The smallest absolute Gasteiger partial charge is 0.480 e. The Hall–Kier alpha value is -4.85. The highest BCUT2D eigenvalue weighted by atomic mass is 19.4. The summed E-state index contributed by atoms with van der Waals surface area (Å²) in [6.07, 6.45) is -3.59. The number of carbonyl (C=O) groups is 3. The monoisotopic (exact) mass is 584 g/mol. The van der Waals surface area contributed by atoms with Gasteiger partial charge in [0.05, 0.1) is 16.8 Å². The Balaban J connectivity index is 1.55. The van der Waals surface area contributed by atoms with Crippen LogP contribution in [0.2, 0.25) is 0 Å². The zero-order valence-electron chi connectivity index (χ0n) is 21.7. The second-order valence-corrected chi connectivity index (χ2v) is 10.0. The Morgan fingerprint density at radius 2 is 1.83 bits per heavy atom. The number of nitrogens with one attached hydrogen (secondary N) is 1. The summed E-state index contributed by atoms with van der Waals surface area (Å²) in [6.45, 7) is -0.0845. The number of nitro groups is 1. The Morgan fingerprint density at radius 3 is 2.45 bits per heavy atom. The van der Waals surface area contributed by atoms with Crippen molar-refractivity contribution in [3.8, 4) is 5.75 Å². The zero-order valence-corrected chi connectivity index (χ0v) is 21.7. The summed E-state index contributed by atoms with van der Waals surface area (Å²) in [5.74, 6) is -6.16. The number of hydrogen-bond donors (Lipinski definition) is 2. The van der Waals surface area contributed by atoms with Gasteiger partial charge < -0.3 is 9.84 Å². The molecule has 0 bridgehead atoms. The van der Waals surface area contributed by atoms with E-state index in [2.05, 4.69) is 15.0 Å². The van der Waals surface area contributed by atoms with Gasteiger partial charge >= 0.3 is 12.3 Å². The highest BCUT2D eigenvalue weighted by Crippen LogP contribution is 2.50. The molecular weight excluding hydrogens is 561 g/mol. The number of rotatable bonds is 9. The number of hydrogen-bond acceptors (Lipinski definition) is 8. The van der Waals surface area contributed by atoms with E-state index in [0.29, 0.717) is 11.3 Å². The highest BCUT2D eigenvalue weighted by Gasteiger charge is 2.68. The van der Waals surface area contributed by atoms with Crippen molar-refractivity contribution in [3.05, 3.63) is 99.9 Å². The van der Waals surface area contributed by atoms with Crippen molar-refractivity contribution >= 4 is 23.5 Å². The molecule has 0 saturated carbocycles. The van der Waals surface area contributed by atoms with Crippen LogP contribution in [0.5, 0.6) is 5.75 Å². The number of fused-ring (bicyclic) bond motifs is 1. The van der Waals surface area contributed by atoms with E-state index < -0.39 is 58.2 Å². The summed E-state index contributed by atoms with van der Waals surface area (Å²) in [5, 5.41) is 24.5. The normalized spacial score (nSPS) is 23.6. The van der Waals surface area contributed by atoms with E-state index in [4.69, 9.17) is 0 Å². The predicted molar refractivity (Wildman–Crippen MR) is 138 cm³/mol. The third kappa shape index (κ3) is 5.40. The first-order chi connectivity index (χ1) is 19.9. The Kier molecular flexibility index (Phi) is 7.41. The lowest BCUT2D eigenvalue weighted by molar-refractivity contribution is -0.384. The molecule has 0 spiro atoms. The van der Waals surface area contributed by atoms with Gasteiger partial charge in [-0.25, -0.2) is 0 Å². The van der Waals surface area contributed by atoms with Crippen LogP contribution in [0.15, 0.2) is 72.9 Å². The SMILES string of the molecule is O=C1C2C(c3cccc(OC(F)(F)F)c3)NC(Cc3ccc([N+](=O)[O-])cc3)(C(=O)O)C2C(=O)N1CCc1ccccn1. The van der Waals surface area contributed by atoms with Gasteiger partial charge in [0.1, 0.15) is 11.3 Å². The number of non-ortho nitro benzene ring substituents is 1. The van der Waals surface area contributed by atoms with E-state index in [1.807, 2.05) is 0 Å². The average Bonchev–Trinajstić information content (AvgIpc) is 3.41.